The third kappa shape index (κ3) is 2.42. The van der Waals surface area contributed by atoms with Gasteiger partial charge in [-0.3, -0.25) is 0 Å². The molecule has 1 aromatic carbocycles. The summed E-state index contributed by atoms with van der Waals surface area (Å²) in [6, 6.07) is 3.63. The lowest BCUT2D eigenvalue weighted by Gasteiger charge is -2.11. The molecule has 1 nitrogen and oxygen atoms in total. The van der Waals surface area contributed by atoms with E-state index < -0.39 is 17.7 Å². The molecule has 0 aromatic heterocycles. The Balaban J connectivity index is 2.93. The van der Waals surface area contributed by atoms with Gasteiger partial charge in [0, 0.05) is 17.4 Å². The summed E-state index contributed by atoms with van der Waals surface area (Å²) in [5.74, 6) is -1.08. The van der Waals surface area contributed by atoms with E-state index in [4.69, 9.17) is 5.73 Å². The zero-order valence-corrected chi connectivity index (χ0v) is 8.07. The maximum Gasteiger partial charge on any atom is 0.163 e. The van der Waals surface area contributed by atoms with E-state index in [2.05, 4.69) is 0 Å². The highest BCUT2D eigenvalue weighted by atomic mass is 32.2. The maximum absolute atomic E-state index is 13.1. The molecule has 1 rings (SSSR count). The van der Waals surface area contributed by atoms with Crippen LogP contribution in [0.15, 0.2) is 18.2 Å². The zero-order chi connectivity index (χ0) is 9.84. The van der Waals surface area contributed by atoms with Crippen LogP contribution in [-0.2, 0) is 0 Å². The van der Waals surface area contributed by atoms with E-state index in [-0.39, 0.29) is 5.56 Å². The molecule has 0 aliphatic rings. The van der Waals surface area contributed by atoms with Gasteiger partial charge >= 0.3 is 0 Å². The lowest BCUT2D eigenvalue weighted by Crippen LogP contribution is -2.15. The van der Waals surface area contributed by atoms with E-state index >= 15 is 0 Å². The van der Waals surface area contributed by atoms with Crippen molar-refractivity contribution < 1.29 is 8.78 Å². The molecule has 0 fully saturated rings. The number of thioether (sulfide) groups is 1. The third-order valence-electron chi connectivity index (χ3n) is 1.73. The second kappa shape index (κ2) is 4.58. The molecule has 0 aliphatic heterocycles. The predicted molar refractivity (Wildman–Crippen MR) is 51.7 cm³/mol. The number of hydrogen-bond acceptors (Lipinski definition) is 2. The number of hydrogen-bond donors (Lipinski definition) is 1. The first-order chi connectivity index (χ1) is 6.16. The highest BCUT2D eigenvalue weighted by Crippen LogP contribution is 2.19. The number of nitrogens with two attached hydrogens (primary N) is 1. The van der Waals surface area contributed by atoms with Crippen LogP contribution in [0.1, 0.15) is 11.6 Å². The van der Waals surface area contributed by atoms with Gasteiger partial charge in [0.1, 0.15) is 0 Å². The van der Waals surface area contributed by atoms with Crippen molar-refractivity contribution in [2.45, 2.75) is 6.04 Å². The van der Waals surface area contributed by atoms with Gasteiger partial charge in [0.05, 0.1) is 0 Å². The summed E-state index contributed by atoms with van der Waals surface area (Å²) >= 11 is 1.51. The van der Waals surface area contributed by atoms with Crippen LogP contribution in [0.3, 0.4) is 0 Å². The quantitative estimate of drug-likeness (QED) is 0.816. The SMILES string of the molecule is CSCC(N)c1cccc(F)c1F. The standard InChI is InChI=1S/C9H11F2NS/c1-13-5-8(12)6-3-2-4-7(10)9(6)11/h2-4,8H,5,12H2,1H3. The molecule has 0 spiro atoms. The Hall–Kier alpha value is -0.610. The monoisotopic (exact) mass is 203 g/mol. The lowest BCUT2D eigenvalue weighted by molar-refractivity contribution is 0.493. The van der Waals surface area contributed by atoms with Crippen LogP contribution >= 0.6 is 11.8 Å². The molecule has 4 heteroatoms. The summed E-state index contributed by atoms with van der Waals surface area (Å²) in [6.07, 6.45) is 1.87. The average Bonchev–Trinajstić information content (AvgIpc) is 2.10. The Morgan fingerprint density at radius 1 is 1.46 bits per heavy atom. The van der Waals surface area contributed by atoms with E-state index in [1.165, 1.54) is 23.9 Å². The maximum atomic E-state index is 13.1. The number of rotatable bonds is 3. The number of halogens is 2. The van der Waals surface area contributed by atoms with Gasteiger partial charge in [0.2, 0.25) is 0 Å². The molecule has 0 heterocycles. The van der Waals surface area contributed by atoms with Gasteiger partial charge in [-0.05, 0) is 12.3 Å². The summed E-state index contributed by atoms with van der Waals surface area (Å²) < 4.78 is 25.9. The van der Waals surface area contributed by atoms with Crippen molar-refractivity contribution in [3.63, 3.8) is 0 Å². The molecular formula is C9H11F2NS. The van der Waals surface area contributed by atoms with Crippen molar-refractivity contribution in [3.05, 3.63) is 35.4 Å². The molecule has 13 heavy (non-hydrogen) atoms. The summed E-state index contributed by atoms with van der Waals surface area (Å²) in [4.78, 5) is 0. The van der Waals surface area contributed by atoms with Crippen LogP contribution in [0.5, 0.6) is 0 Å². The molecule has 0 aliphatic carbocycles. The van der Waals surface area contributed by atoms with E-state index in [1.54, 1.807) is 0 Å². The van der Waals surface area contributed by atoms with Crippen molar-refractivity contribution >= 4 is 11.8 Å². The molecule has 72 valence electrons. The second-order valence-corrected chi connectivity index (χ2v) is 3.62. The highest BCUT2D eigenvalue weighted by molar-refractivity contribution is 7.98. The topological polar surface area (TPSA) is 26.0 Å². The fourth-order valence-corrected chi connectivity index (χ4v) is 1.61. The Labute approximate surface area is 80.3 Å². The number of benzene rings is 1. The van der Waals surface area contributed by atoms with E-state index in [0.29, 0.717) is 5.75 Å². The Morgan fingerprint density at radius 2 is 2.15 bits per heavy atom. The van der Waals surface area contributed by atoms with Crippen molar-refractivity contribution in [2.75, 3.05) is 12.0 Å². The lowest BCUT2D eigenvalue weighted by atomic mass is 10.1. The van der Waals surface area contributed by atoms with Gasteiger partial charge in [-0.1, -0.05) is 12.1 Å². The fourth-order valence-electron chi connectivity index (χ4n) is 1.08. The van der Waals surface area contributed by atoms with E-state index in [9.17, 15) is 8.78 Å². The van der Waals surface area contributed by atoms with Gasteiger partial charge in [-0.15, -0.1) is 0 Å². The molecule has 0 saturated heterocycles. The third-order valence-corrected chi connectivity index (χ3v) is 2.42. The van der Waals surface area contributed by atoms with Crippen LogP contribution < -0.4 is 5.73 Å². The van der Waals surface area contributed by atoms with Crippen LogP contribution in [-0.4, -0.2) is 12.0 Å². The van der Waals surface area contributed by atoms with Gasteiger partial charge < -0.3 is 5.73 Å². The van der Waals surface area contributed by atoms with Crippen molar-refractivity contribution in [1.82, 2.24) is 0 Å². The van der Waals surface area contributed by atoms with Crippen LogP contribution in [0.25, 0.3) is 0 Å². The van der Waals surface area contributed by atoms with Gasteiger partial charge in [-0.2, -0.15) is 11.8 Å². The molecule has 0 radical (unpaired) electrons. The van der Waals surface area contributed by atoms with Crippen molar-refractivity contribution in [2.24, 2.45) is 5.73 Å². The molecule has 1 unspecified atom stereocenters. The first kappa shape index (κ1) is 10.5. The van der Waals surface area contributed by atoms with Gasteiger partial charge in [0.15, 0.2) is 11.6 Å². The van der Waals surface area contributed by atoms with Gasteiger partial charge in [0.25, 0.3) is 0 Å². The Kier molecular flexibility index (Phi) is 3.69. The smallest absolute Gasteiger partial charge is 0.163 e. The summed E-state index contributed by atoms with van der Waals surface area (Å²) in [5.41, 5.74) is 5.89. The van der Waals surface area contributed by atoms with E-state index in [1.807, 2.05) is 6.26 Å². The molecule has 1 atom stereocenters. The van der Waals surface area contributed by atoms with Crippen LogP contribution in [0, 0.1) is 11.6 Å². The summed E-state index contributed by atoms with van der Waals surface area (Å²) in [7, 11) is 0. The molecule has 2 N–H and O–H groups in total. The second-order valence-electron chi connectivity index (χ2n) is 2.70. The first-order valence-electron chi connectivity index (χ1n) is 3.85. The van der Waals surface area contributed by atoms with E-state index in [0.717, 1.165) is 6.07 Å². The Bertz CT molecular complexity index is 291. The zero-order valence-electron chi connectivity index (χ0n) is 7.26. The molecule has 0 bridgehead atoms. The molecule has 1 aromatic rings. The minimum absolute atomic E-state index is 0.245. The predicted octanol–water partition coefficient (Wildman–Crippen LogP) is 2.33. The van der Waals surface area contributed by atoms with Crippen LogP contribution in [0.2, 0.25) is 0 Å². The van der Waals surface area contributed by atoms with Crippen LogP contribution in [0.4, 0.5) is 8.78 Å². The molecule has 0 amide bonds. The van der Waals surface area contributed by atoms with Crippen molar-refractivity contribution in [1.29, 1.82) is 0 Å². The fraction of sp³-hybridized carbons (Fsp3) is 0.333. The largest absolute Gasteiger partial charge is 0.323 e. The minimum Gasteiger partial charge on any atom is -0.323 e. The molecule has 0 saturated carbocycles. The Morgan fingerprint density at radius 3 is 2.77 bits per heavy atom. The normalized spacial score (nSPS) is 12.9. The molecular weight excluding hydrogens is 192 g/mol. The first-order valence-corrected chi connectivity index (χ1v) is 5.24. The highest BCUT2D eigenvalue weighted by Gasteiger charge is 2.13. The summed E-state index contributed by atoms with van der Waals surface area (Å²) in [5, 5.41) is 0. The summed E-state index contributed by atoms with van der Waals surface area (Å²) in [6.45, 7) is 0. The van der Waals surface area contributed by atoms with Crippen molar-refractivity contribution in [3.8, 4) is 0 Å². The average molecular weight is 203 g/mol. The van der Waals surface area contributed by atoms with Gasteiger partial charge in [-0.25, -0.2) is 8.78 Å². The minimum atomic E-state index is -0.839.